The first-order valence-electron chi connectivity index (χ1n) is 8.52. The Kier molecular flexibility index (Phi) is 10.2. The SMILES string of the molecule is CCCCCS(=O)(=O)c1cc(NCc2ccco2)c(S(=O)(=O)[O-])cc1S(N)(=O)=O.[K+]. The molecule has 0 saturated carbocycles. The van der Waals surface area contributed by atoms with Crippen LogP contribution in [-0.4, -0.2) is 35.6 Å². The maximum Gasteiger partial charge on any atom is 1.00 e. The van der Waals surface area contributed by atoms with E-state index in [0.29, 0.717) is 18.2 Å². The van der Waals surface area contributed by atoms with Crippen LogP contribution in [0.25, 0.3) is 0 Å². The molecule has 0 aliphatic carbocycles. The zero-order valence-corrected chi connectivity index (χ0v) is 22.1. The largest absolute Gasteiger partial charge is 1.00 e. The summed E-state index contributed by atoms with van der Waals surface area (Å²) in [6.45, 7) is 1.80. The van der Waals surface area contributed by atoms with Gasteiger partial charge in [0.1, 0.15) is 20.8 Å². The van der Waals surface area contributed by atoms with Gasteiger partial charge in [-0.05, 0) is 30.7 Å². The number of sulfonamides is 1. The Morgan fingerprint density at radius 2 is 1.70 bits per heavy atom. The number of anilines is 1. The Morgan fingerprint density at radius 1 is 1.03 bits per heavy atom. The number of primary sulfonamides is 1. The van der Waals surface area contributed by atoms with Gasteiger partial charge in [-0.25, -0.2) is 30.4 Å². The van der Waals surface area contributed by atoms with Crippen LogP contribution >= 0.6 is 0 Å². The first-order chi connectivity index (χ1) is 13.4. The van der Waals surface area contributed by atoms with Crippen LogP contribution in [-0.2, 0) is 36.5 Å². The molecule has 0 saturated heterocycles. The van der Waals surface area contributed by atoms with E-state index in [1.165, 1.54) is 6.26 Å². The smallest absolute Gasteiger partial charge is 0.744 e. The molecule has 0 spiro atoms. The predicted octanol–water partition coefficient (Wildman–Crippen LogP) is -1.59. The van der Waals surface area contributed by atoms with E-state index in [9.17, 15) is 29.8 Å². The molecule has 162 valence electrons. The number of unbranched alkanes of at least 4 members (excludes halogenated alkanes) is 2. The van der Waals surface area contributed by atoms with E-state index < -0.39 is 44.7 Å². The molecular weight excluding hydrogens is 483 g/mol. The summed E-state index contributed by atoms with van der Waals surface area (Å²) < 4.78 is 89.4. The van der Waals surface area contributed by atoms with Crippen LogP contribution in [0.3, 0.4) is 0 Å². The van der Waals surface area contributed by atoms with E-state index in [4.69, 9.17) is 9.56 Å². The summed E-state index contributed by atoms with van der Waals surface area (Å²) in [6.07, 6.45) is 2.98. The summed E-state index contributed by atoms with van der Waals surface area (Å²) in [7, 11) is -13.9. The van der Waals surface area contributed by atoms with Gasteiger partial charge in [-0.3, -0.25) is 0 Å². The van der Waals surface area contributed by atoms with Crippen LogP contribution < -0.4 is 61.8 Å². The van der Waals surface area contributed by atoms with Gasteiger partial charge in [0.05, 0.1) is 34.0 Å². The van der Waals surface area contributed by atoms with Crippen LogP contribution in [0, 0.1) is 0 Å². The third-order valence-electron chi connectivity index (χ3n) is 4.01. The number of nitrogens with one attached hydrogen (secondary N) is 1. The zero-order chi connectivity index (χ0) is 21.9. The number of nitrogens with two attached hydrogens (primary N) is 1. The number of hydrogen-bond acceptors (Lipinski definition) is 9. The fourth-order valence-corrected chi connectivity index (χ4v) is 6.15. The summed E-state index contributed by atoms with van der Waals surface area (Å²) in [5, 5.41) is 7.71. The molecule has 0 bridgehead atoms. The van der Waals surface area contributed by atoms with Gasteiger partial charge in [0.15, 0.2) is 9.84 Å². The number of furan rings is 1. The zero-order valence-electron chi connectivity index (χ0n) is 16.5. The summed E-state index contributed by atoms with van der Waals surface area (Å²) in [6, 6.07) is 4.44. The average Bonchev–Trinajstić information content (AvgIpc) is 3.11. The minimum atomic E-state index is -5.15. The molecule has 2 rings (SSSR count). The van der Waals surface area contributed by atoms with Crippen molar-refractivity contribution >= 4 is 35.7 Å². The molecule has 0 fully saturated rings. The van der Waals surface area contributed by atoms with Gasteiger partial charge >= 0.3 is 51.4 Å². The molecule has 1 aromatic carbocycles. The molecule has 10 nitrogen and oxygen atoms in total. The fraction of sp³-hybridized carbons (Fsp3) is 0.375. The summed E-state index contributed by atoms with van der Waals surface area (Å²) in [5.41, 5.74) is -0.363. The summed E-state index contributed by atoms with van der Waals surface area (Å²) in [4.78, 5) is -2.53. The Morgan fingerprint density at radius 3 is 2.20 bits per heavy atom. The quantitative estimate of drug-likeness (QED) is 0.219. The number of sulfone groups is 1. The van der Waals surface area contributed by atoms with E-state index >= 15 is 0 Å². The topological polar surface area (TPSA) is 177 Å². The second-order valence-corrected chi connectivity index (χ2v) is 11.2. The van der Waals surface area contributed by atoms with E-state index in [-0.39, 0.29) is 75.8 Å². The standard InChI is InChI=1S/C16H22N2O8S3.K/c1-2-3-4-8-27(19,20)15-9-13(18-11-12-6-5-7-26-12)14(29(23,24)25)10-16(15)28(17,21)22;/h5-7,9-10,18H,2-4,8,11H2,1H3,(H2,17,21,22)(H,23,24,25);/q;+1/p-1. The molecule has 0 unspecified atom stereocenters. The average molecular weight is 505 g/mol. The van der Waals surface area contributed by atoms with Crippen LogP contribution in [0.15, 0.2) is 49.6 Å². The Labute approximate surface area is 218 Å². The number of benzene rings is 1. The van der Waals surface area contributed by atoms with Gasteiger partial charge in [0.2, 0.25) is 10.0 Å². The molecule has 1 aromatic heterocycles. The minimum absolute atomic E-state index is 0. The predicted molar refractivity (Wildman–Crippen MR) is 103 cm³/mol. The third-order valence-corrected chi connectivity index (χ3v) is 7.80. The maximum absolute atomic E-state index is 12.7. The molecule has 0 amide bonds. The minimum Gasteiger partial charge on any atom is -0.744 e. The fourth-order valence-electron chi connectivity index (χ4n) is 2.60. The van der Waals surface area contributed by atoms with Crippen molar-refractivity contribution in [1.29, 1.82) is 0 Å². The molecule has 0 atom stereocenters. The van der Waals surface area contributed by atoms with E-state index in [2.05, 4.69) is 5.32 Å². The van der Waals surface area contributed by atoms with E-state index in [0.717, 1.165) is 12.5 Å². The molecule has 30 heavy (non-hydrogen) atoms. The summed E-state index contributed by atoms with van der Waals surface area (Å²) >= 11 is 0. The van der Waals surface area contributed by atoms with Gasteiger partial charge in [-0.1, -0.05) is 19.8 Å². The second-order valence-electron chi connectivity index (χ2n) is 6.25. The molecular formula is C16H21KN2O8S3. The van der Waals surface area contributed by atoms with Gasteiger partial charge in [-0.15, -0.1) is 0 Å². The van der Waals surface area contributed by atoms with Crippen LogP contribution in [0.5, 0.6) is 0 Å². The number of rotatable bonds is 10. The van der Waals surface area contributed by atoms with E-state index in [1.807, 2.05) is 6.92 Å². The van der Waals surface area contributed by atoms with Gasteiger partial charge in [0, 0.05) is 0 Å². The molecule has 14 heteroatoms. The maximum atomic E-state index is 12.7. The van der Waals surface area contributed by atoms with Crippen molar-refractivity contribution < 1.29 is 85.6 Å². The van der Waals surface area contributed by atoms with Crippen molar-refractivity contribution in [3.8, 4) is 0 Å². The first-order valence-corrected chi connectivity index (χ1v) is 13.1. The Balaban J connectivity index is 0.00000450. The first kappa shape index (κ1) is 27.7. The molecule has 0 aliphatic rings. The van der Waals surface area contributed by atoms with Gasteiger partial charge in [0.25, 0.3) is 0 Å². The van der Waals surface area contributed by atoms with Gasteiger partial charge < -0.3 is 14.3 Å². The molecule has 3 N–H and O–H groups in total. The van der Waals surface area contributed by atoms with E-state index in [1.54, 1.807) is 12.1 Å². The van der Waals surface area contributed by atoms with Gasteiger partial charge in [-0.2, -0.15) is 0 Å². The van der Waals surface area contributed by atoms with Crippen molar-refractivity contribution in [3.63, 3.8) is 0 Å². The summed E-state index contributed by atoms with van der Waals surface area (Å²) in [5.74, 6) is 0.0203. The van der Waals surface area contributed by atoms with Crippen molar-refractivity contribution in [1.82, 2.24) is 0 Å². The monoisotopic (exact) mass is 504 g/mol. The third kappa shape index (κ3) is 7.39. The second kappa shape index (κ2) is 11.0. The normalized spacial score (nSPS) is 12.4. The van der Waals surface area contributed by atoms with Crippen LogP contribution in [0.2, 0.25) is 0 Å². The molecule has 0 aliphatic heterocycles. The van der Waals surface area contributed by atoms with Crippen LogP contribution in [0.4, 0.5) is 5.69 Å². The molecule has 1 heterocycles. The van der Waals surface area contributed by atoms with Crippen molar-refractivity contribution in [2.75, 3.05) is 11.1 Å². The Hall–Kier alpha value is -0.294. The van der Waals surface area contributed by atoms with Crippen molar-refractivity contribution in [3.05, 3.63) is 36.3 Å². The molecule has 0 radical (unpaired) electrons. The van der Waals surface area contributed by atoms with Crippen molar-refractivity contribution in [2.45, 2.75) is 47.4 Å². The number of hydrogen-bond donors (Lipinski definition) is 2. The molecule has 2 aromatic rings. The van der Waals surface area contributed by atoms with Crippen molar-refractivity contribution in [2.24, 2.45) is 5.14 Å². The van der Waals surface area contributed by atoms with Crippen LogP contribution in [0.1, 0.15) is 31.9 Å². The Bertz CT molecular complexity index is 1180.